The fourth-order valence-electron chi connectivity index (χ4n) is 1.49. The molecule has 0 spiro atoms. The third kappa shape index (κ3) is 5.92. The van der Waals surface area contributed by atoms with Crippen molar-refractivity contribution in [1.82, 2.24) is 4.90 Å². The molecule has 0 aliphatic heterocycles. The summed E-state index contributed by atoms with van der Waals surface area (Å²) in [6, 6.07) is 7.24. The Morgan fingerprint density at radius 2 is 2.18 bits per heavy atom. The number of nitrogens with zero attached hydrogens (tertiary/aromatic N) is 1. The normalized spacial score (nSPS) is 10.5. The van der Waals surface area contributed by atoms with Crippen LogP contribution in [0.2, 0.25) is 0 Å². The molecule has 1 rings (SSSR count). The van der Waals surface area contributed by atoms with E-state index in [1.165, 1.54) is 0 Å². The minimum absolute atomic E-state index is 0.0366. The first-order chi connectivity index (χ1) is 8.08. The van der Waals surface area contributed by atoms with Crippen molar-refractivity contribution in [3.8, 4) is 5.75 Å². The second kappa shape index (κ2) is 6.91. The molecule has 0 aliphatic rings. The van der Waals surface area contributed by atoms with Crippen molar-refractivity contribution in [2.75, 3.05) is 27.2 Å². The molecule has 4 nitrogen and oxygen atoms in total. The molecule has 4 heteroatoms. The molecule has 1 aromatic rings. The molecule has 0 saturated carbocycles. The van der Waals surface area contributed by atoms with Crippen molar-refractivity contribution in [1.29, 1.82) is 0 Å². The first kappa shape index (κ1) is 13.5. The maximum atomic E-state index is 10.6. The van der Waals surface area contributed by atoms with Gasteiger partial charge in [-0.1, -0.05) is 12.1 Å². The Morgan fingerprint density at radius 1 is 1.41 bits per heavy atom. The van der Waals surface area contributed by atoms with E-state index < -0.39 is 5.97 Å². The summed E-state index contributed by atoms with van der Waals surface area (Å²) in [4.78, 5) is 12.7. The highest BCUT2D eigenvalue weighted by molar-refractivity contribution is 5.70. The summed E-state index contributed by atoms with van der Waals surface area (Å²) >= 11 is 0. The summed E-state index contributed by atoms with van der Waals surface area (Å²) in [7, 11) is 4.04. The van der Waals surface area contributed by atoms with Crippen molar-refractivity contribution in [2.24, 2.45) is 0 Å². The molecule has 0 aromatic heterocycles. The van der Waals surface area contributed by atoms with Crippen LogP contribution in [0.1, 0.15) is 12.0 Å². The summed E-state index contributed by atoms with van der Waals surface area (Å²) in [5, 5.41) is 8.69. The number of carboxylic acids is 1. The van der Waals surface area contributed by atoms with Gasteiger partial charge in [-0.25, -0.2) is 0 Å². The number of aliphatic carboxylic acids is 1. The van der Waals surface area contributed by atoms with Crippen LogP contribution >= 0.6 is 0 Å². The Hall–Kier alpha value is -1.55. The Balaban J connectivity index is 2.40. The highest BCUT2D eigenvalue weighted by Gasteiger charge is 2.02. The van der Waals surface area contributed by atoms with E-state index in [4.69, 9.17) is 9.84 Å². The zero-order chi connectivity index (χ0) is 12.7. The number of benzene rings is 1. The van der Waals surface area contributed by atoms with Crippen molar-refractivity contribution in [2.45, 2.75) is 12.8 Å². The molecular weight excluding hydrogens is 218 g/mol. The molecule has 0 fully saturated rings. The summed E-state index contributed by atoms with van der Waals surface area (Å²) < 4.78 is 5.56. The largest absolute Gasteiger partial charge is 0.494 e. The third-order valence-electron chi connectivity index (χ3n) is 2.27. The van der Waals surface area contributed by atoms with Crippen molar-refractivity contribution in [3.63, 3.8) is 0 Å². The number of carbonyl (C=O) groups is 1. The van der Waals surface area contributed by atoms with Gasteiger partial charge < -0.3 is 14.7 Å². The van der Waals surface area contributed by atoms with E-state index in [0.29, 0.717) is 6.61 Å². The van der Waals surface area contributed by atoms with Crippen LogP contribution in [0.3, 0.4) is 0 Å². The summed E-state index contributed by atoms with van der Waals surface area (Å²) in [6.07, 6.45) is 0.991. The lowest BCUT2D eigenvalue weighted by molar-refractivity contribution is -0.136. The fraction of sp³-hybridized carbons (Fsp3) is 0.462. The van der Waals surface area contributed by atoms with Gasteiger partial charge in [0, 0.05) is 6.54 Å². The van der Waals surface area contributed by atoms with Gasteiger partial charge in [-0.15, -0.1) is 0 Å². The monoisotopic (exact) mass is 237 g/mol. The zero-order valence-corrected chi connectivity index (χ0v) is 10.3. The molecule has 0 bridgehead atoms. The van der Waals surface area contributed by atoms with Crippen LogP contribution in [-0.4, -0.2) is 43.2 Å². The van der Waals surface area contributed by atoms with Gasteiger partial charge in [-0.3, -0.25) is 4.79 Å². The highest BCUT2D eigenvalue weighted by Crippen LogP contribution is 2.14. The van der Waals surface area contributed by atoms with Gasteiger partial charge in [0.2, 0.25) is 0 Å². The molecule has 0 radical (unpaired) electrons. The van der Waals surface area contributed by atoms with E-state index >= 15 is 0 Å². The topological polar surface area (TPSA) is 49.8 Å². The minimum Gasteiger partial charge on any atom is -0.494 e. The second-order valence-electron chi connectivity index (χ2n) is 4.22. The number of ether oxygens (including phenoxy) is 1. The lowest BCUT2D eigenvalue weighted by Gasteiger charge is -2.10. The van der Waals surface area contributed by atoms with E-state index in [0.717, 1.165) is 24.3 Å². The van der Waals surface area contributed by atoms with Crippen LogP contribution < -0.4 is 4.74 Å². The Morgan fingerprint density at radius 3 is 2.82 bits per heavy atom. The molecule has 0 amide bonds. The van der Waals surface area contributed by atoms with E-state index in [1.807, 2.05) is 26.2 Å². The predicted molar refractivity (Wildman–Crippen MR) is 66.4 cm³/mol. The Kier molecular flexibility index (Phi) is 5.49. The number of hydrogen-bond donors (Lipinski definition) is 1. The van der Waals surface area contributed by atoms with Gasteiger partial charge >= 0.3 is 5.97 Å². The predicted octanol–water partition coefficient (Wildman–Crippen LogP) is 1.64. The Bertz CT molecular complexity index is 363. The lowest BCUT2D eigenvalue weighted by Crippen LogP contribution is -2.15. The first-order valence-electron chi connectivity index (χ1n) is 5.66. The molecule has 0 unspecified atom stereocenters. The van der Waals surface area contributed by atoms with Crippen LogP contribution in [-0.2, 0) is 11.2 Å². The van der Waals surface area contributed by atoms with Gasteiger partial charge in [0.15, 0.2) is 0 Å². The van der Waals surface area contributed by atoms with Crippen LogP contribution in [0.25, 0.3) is 0 Å². The average molecular weight is 237 g/mol. The summed E-state index contributed by atoms with van der Waals surface area (Å²) in [5.74, 6) is -0.0859. The zero-order valence-electron chi connectivity index (χ0n) is 10.3. The third-order valence-corrected chi connectivity index (χ3v) is 2.27. The van der Waals surface area contributed by atoms with Gasteiger partial charge in [-0.05, 0) is 38.2 Å². The van der Waals surface area contributed by atoms with Crippen molar-refractivity contribution >= 4 is 5.97 Å². The molecule has 1 aromatic carbocycles. The SMILES string of the molecule is CN(C)CCCOc1cccc(CC(=O)O)c1. The molecule has 0 aliphatic carbocycles. The van der Waals surface area contributed by atoms with Gasteiger partial charge in [0.25, 0.3) is 0 Å². The van der Waals surface area contributed by atoms with Crippen molar-refractivity contribution in [3.05, 3.63) is 29.8 Å². The molecule has 0 atom stereocenters. The minimum atomic E-state index is -0.824. The molecule has 0 saturated heterocycles. The van der Waals surface area contributed by atoms with Crippen LogP contribution in [0.15, 0.2) is 24.3 Å². The number of rotatable bonds is 7. The van der Waals surface area contributed by atoms with Gasteiger partial charge in [-0.2, -0.15) is 0 Å². The molecule has 17 heavy (non-hydrogen) atoms. The summed E-state index contributed by atoms with van der Waals surface area (Å²) in [5.41, 5.74) is 0.766. The Labute approximate surface area is 102 Å². The first-order valence-corrected chi connectivity index (χ1v) is 5.66. The smallest absolute Gasteiger partial charge is 0.307 e. The molecular formula is C13H19NO3. The fourth-order valence-corrected chi connectivity index (χ4v) is 1.49. The lowest BCUT2D eigenvalue weighted by atomic mass is 10.1. The van der Waals surface area contributed by atoms with E-state index in [1.54, 1.807) is 12.1 Å². The molecule has 0 heterocycles. The molecule has 1 N–H and O–H groups in total. The maximum absolute atomic E-state index is 10.6. The second-order valence-corrected chi connectivity index (χ2v) is 4.22. The van der Waals surface area contributed by atoms with E-state index in [9.17, 15) is 4.79 Å². The van der Waals surface area contributed by atoms with Crippen LogP contribution in [0.5, 0.6) is 5.75 Å². The van der Waals surface area contributed by atoms with E-state index in [-0.39, 0.29) is 6.42 Å². The quantitative estimate of drug-likeness (QED) is 0.732. The number of hydrogen-bond acceptors (Lipinski definition) is 3. The van der Waals surface area contributed by atoms with Gasteiger partial charge in [0.1, 0.15) is 5.75 Å². The summed E-state index contributed by atoms with van der Waals surface area (Å²) in [6.45, 7) is 1.63. The van der Waals surface area contributed by atoms with Crippen molar-refractivity contribution < 1.29 is 14.6 Å². The van der Waals surface area contributed by atoms with Crippen LogP contribution in [0, 0.1) is 0 Å². The maximum Gasteiger partial charge on any atom is 0.307 e. The highest BCUT2D eigenvalue weighted by atomic mass is 16.5. The van der Waals surface area contributed by atoms with Crippen LogP contribution in [0.4, 0.5) is 0 Å². The molecule has 94 valence electrons. The van der Waals surface area contributed by atoms with Gasteiger partial charge in [0.05, 0.1) is 13.0 Å². The van der Waals surface area contributed by atoms with E-state index in [2.05, 4.69) is 4.90 Å². The number of carboxylic acid groups (broad SMARTS) is 1. The average Bonchev–Trinajstić information content (AvgIpc) is 2.24. The standard InChI is InChI=1S/C13H19NO3/c1-14(2)7-4-8-17-12-6-3-5-11(9-12)10-13(15)16/h3,5-6,9H,4,7-8,10H2,1-2H3,(H,15,16).